The van der Waals surface area contributed by atoms with Crippen molar-refractivity contribution in [2.45, 2.75) is 76.4 Å². The van der Waals surface area contributed by atoms with Crippen LogP contribution in [0.1, 0.15) is 74.4 Å². The quantitative estimate of drug-likeness (QED) is 0.314. The Morgan fingerprint density at radius 3 is 2.71 bits per heavy atom. The number of aliphatic hydroxyl groups excluding tert-OH is 1. The number of carboxylic acid groups (broad SMARTS) is 1. The first-order valence-corrected chi connectivity index (χ1v) is 14.3. The second-order valence-electron chi connectivity index (χ2n) is 12.8. The third-order valence-corrected chi connectivity index (χ3v) is 9.93. The van der Waals surface area contributed by atoms with Crippen LogP contribution < -0.4 is 9.22 Å². The molecular weight excluding hydrogens is 498 g/mol. The first kappa shape index (κ1) is 27.2. The van der Waals surface area contributed by atoms with Crippen LogP contribution in [0.2, 0.25) is 5.02 Å². The zero-order chi connectivity index (χ0) is 27.3. The summed E-state index contributed by atoms with van der Waals surface area (Å²) >= 11 is 6.43. The van der Waals surface area contributed by atoms with E-state index in [9.17, 15) is 15.0 Å². The number of carboxylic acids is 1. The van der Waals surface area contributed by atoms with Crippen LogP contribution in [-0.2, 0) is 11.8 Å². The molecule has 1 fully saturated rings. The molecule has 5 rings (SSSR count). The van der Waals surface area contributed by atoms with Crippen molar-refractivity contribution in [3.05, 3.63) is 70.8 Å². The highest BCUT2D eigenvalue weighted by Crippen LogP contribution is 2.52. The van der Waals surface area contributed by atoms with Crippen molar-refractivity contribution < 1.29 is 19.7 Å². The first-order valence-electron chi connectivity index (χ1n) is 14.0. The fourth-order valence-electron chi connectivity index (χ4n) is 7.43. The van der Waals surface area contributed by atoms with Gasteiger partial charge >= 0.3 is 5.97 Å². The van der Waals surface area contributed by atoms with Gasteiger partial charge in [-0.2, -0.15) is 0 Å². The van der Waals surface area contributed by atoms with E-state index in [0.29, 0.717) is 23.4 Å². The number of halogens is 1. The fourth-order valence-corrected chi connectivity index (χ4v) is 7.63. The molecular formula is C32H41ClNO4+. The summed E-state index contributed by atoms with van der Waals surface area (Å²) in [7, 11) is 0. The summed E-state index contributed by atoms with van der Waals surface area (Å²) in [5.74, 6) is 0.382. The van der Waals surface area contributed by atoms with Crippen molar-refractivity contribution >= 4 is 23.3 Å². The first-order chi connectivity index (χ1) is 18.0. The number of quaternary nitrogens is 1. The van der Waals surface area contributed by atoms with Gasteiger partial charge in [-0.05, 0) is 101 Å². The minimum Gasteiger partial charge on any atom is -0.486 e. The lowest BCUT2D eigenvalue weighted by Crippen LogP contribution is -2.69. The lowest BCUT2D eigenvalue weighted by Gasteiger charge is -2.55. The van der Waals surface area contributed by atoms with Crippen LogP contribution in [0.3, 0.4) is 0 Å². The SMILES string of the molecule is C=CC[C@H](O)[C@@H]1CC[C@H]1C[N+]1(C(C)(C)C)CC2(CCCc3cc(Cl)ccc32)COc2ccc(C(=O)O)cc21. The number of rotatable bonds is 6. The predicted molar refractivity (Wildman–Crippen MR) is 153 cm³/mol. The Morgan fingerprint density at radius 2 is 2.05 bits per heavy atom. The summed E-state index contributed by atoms with van der Waals surface area (Å²) in [5, 5.41) is 21.6. The van der Waals surface area contributed by atoms with Crippen molar-refractivity contribution in [2.24, 2.45) is 11.8 Å². The molecule has 0 bridgehead atoms. The van der Waals surface area contributed by atoms with Gasteiger partial charge in [-0.3, -0.25) is 4.48 Å². The van der Waals surface area contributed by atoms with Gasteiger partial charge in [0.15, 0.2) is 11.4 Å². The van der Waals surface area contributed by atoms with Gasteiger partial charge in [0.2, 0.25) is 0 Å². The molecule has 0 radical (unpaired) electrons. The number of aromatic carboxylic acids is 1. The van der Waals surface area contributed by atoms with Crippen LogP contribution in [-0.4, -0.2) is 47.5 Å². The maximum absolute atomic E-state index is 12.1. The number of hydrogen-bond donors (Lipinski definition) is 2. The molecule has 1 saturated carbocycles. The average Bonchev–Trinajstić information content (AvgIpc) is 2.97. The Kier molecular flexibility index (Phi) is 7.17. The largest absolute Gasteiger partial charge is 0.486 e. The standard InChI is InChI=1S/C32H40ClNO4/c1-5-7-28(35)25-12-9-23(25)18-34(31(2,3)4)19-32(15-6-8-21-16-24(33)11-13-26(21)32)20-38-29-14-10-22(30(36)37)17-27(29)34/h5,10-11,13-14,16-17,23,25,28,35H,1,6-9,12,15,18-20H2,2-4H3/p+1/t23-,25+,28-,32?,34?/m0/s1. The fraction of sp³-hybridized carbons (Fsp3) is 0.531. The Labute approximate surface area is 231 Å². The summed E-state index contributed by atoms with van der Waals surface area (Å²) in [6, 6.07) is 11.7. The Morgan fingerprint density at radius 1 is 1.26 bits per heavy atom. The number of aryl methyl sites for hydroxylation is 1. The van der Waals surface area contributed by atoms with Crippen LogP contribution in [0.25, 0.3) is 0 Å². The number of hydrogen-bond acceptors (Lipinski definition) is 3. The Hall–Kier alpha value is -2.34. The van der Waals surface area contributed by atoms with Crippen LogP contribution in [0.15, 0.2) is 49.1 Å². The zero-order valence-corrected chi connectivity index (χ0v) is 23.6. The Balaban J connectivity index is 1.69. The van der Waals surface area contributed by atoms with E-state index in [2.05, 4.69) is 39.5 Å². The molecule has 2 N–H and O–H groups in total. The van der Waals surface area contributed by atoms with E-state index < -0.39 is 12.1 Å². The maximum atomic E-state index is 12.1. The predicted octanol–water partition coefficient (Wildman–Crippen LogP) is 6.77. The number of nitrogens with zero attached hydrogens (tertiary/aromatic N) is 1. The number of carbonyl (C=O) groups is 1. The molecule has 6 heteroatoms. The van der Waals surface area contributed by atoms with E-state index in [0.717, 1.165) is 61.7 Å². The number of aliphatic hydroxyl groups is 1. The van der Waals surface area contributed by atoms with Gasteiger partial charge in [-0.1, -0.05) is 23.7 Å². The van der Waals surface area contributed by atoms with Crippen LogP contribution in [0.5, 0.6) is 5.75 Å². The topological polar surface area (TPSA) is 66.8 Å². The average molecular weight is 539 g/mol. The van der Waals surface area contributed by atoms with E-state index >= 15 is 0 Å². The van der Waals surface area contributed by atoms with Gasteiger partial charge in [0.25, 0.3) is 0 Å². The van der Waals surface area contributed by atoms with E-state index in [4.69, 9.17) is 16.3 Å². The molecule has 1 spiro atoms. The molecule has 1 heterocycles. The monoisotopic (exact) mass is 538 g/mol. The molecule has 5 nitrogen and oxygen atoms in total. The highest BCUT2D eigenvalue weighted by molar-refractivity contribution is 6.30. The molecule has 0 amide bonds. The summed E-state index contributed by atoms with van der Waals surface area (Å²) in [6.07, 6.45) is 7.14. The highest BCUT2D eigenvalue weighted by atomic mass is 35.5. The summed E-state index contributed by atoms with van der Waals surface area (Å²) < 4.78 is 7.26. The van der Waals surface area contributed by atoms with Crippen molar-refractivity contribution in [1.29, 1.82) is 0 Å². The smallest absolute Gasteiger partial charge is 0.335 e. The number of fused-ring (bicyclic) bond motifs is 3. The third-order valence-electron chi connectivity index (χ3n) is 9.69. The van der Waals surface area contributed by atoms with Gasteiger partial charge < -0.3 is 14.9 Å². The molecule has 2 aromatic rings. The van der Waals surface area contributed by atoms with Crippen molar-refractivity contribution in [3.8, 4) is 5.75 Å². The maximum Gasteiger partial charge on any atom is 0.335 e. The second-order valence-corrected chi connectivity index (χ2v) is 13.2. The van der Waals surface area contributed by atoms with Crippen molar-refractivity contribution in [2.75, 3.05) is 19.7 Å². The summed E-state index contributed by atoms with van der Waals surface area (Å²) in [6.45, 7) is 12.8. The number of ether oxygens (including phenoxy) is 1. The minimum atomic E-state index is -0.931. The molecule has 38 heavy (non-hydrogen) atoms. The highest BCUT2D eigenvalue weighted by Gasteiger charge is 2.56. The van der Waals surface area contributed by atoms with Gasteiger partial charge in [0, 0.05) is 17.0 Å². The van der Waals surface area contributed by atoms with E-state index in [1.165, 1.54) is 11.1 Å². The van der Waals surface area contributed by atoms with E-state index in [-0.39, 0.29) is 22.4 Å². The zero-order valence-electron chi connectivity index (χ0n) is 22.9. The van der Waals surface area contributed by atoms with Crippen molar-refractivity contribution in [1.82, 2.24) is 4.48 Å². The van der Waals surface area contributed by atoms with Gasteiger partial charge in [-0.15, -0.1) is 6.58 Å². The molecule has 0 saturated heterocycles. The third kappa shape index (κ3) is 4.57. The van der Waals surface area contributed by atoms with Crippen LogP contribution >= 0.6 is 11.6 Å². The lowest BCUT2D eigenvalue weighted by molar-refractivity contribution is -0.0196. The lowest BCUT2D eigenvalue weighted by atomic mass is 9.66. The summed E-state index contributed by atoms with van der Waals surface area (Å²) in [5.41, 5.74) is 3.34. The van der Waals surface area contributed by atoms with Crippen LogP contribution in [0.4, 0.5) is 5.69 Å². The van der Waals surface area contributed by atoms with Gasteiger partial charge in [-0.25, -0.2) is 4.79 Å². The molecule has 5 atom stereocenters. The second kappa shape index (κ2) is 10.0. The summed E-state index contributed by atoms with van der Waals surface area (Å²) in [4.78, 5) is 12.1. The van der Waals surface area contributed by atoms with E-state index in [1.807, 2.05) is 18.2 Å². The Bertz CT molecular complexity index is 1240. The van der Waals surface area contributed by atoms with Gasteiger partial charge in [0.05, 0.1) is 35.7 Å². The van der Waals surface area contributed by atoms with Crippen LogP contribution in [0, 0.1) is 11.8 Å². The molecule has 204 valence electrons. The van der Waals surface area contributed by atoms with Gasteiger partial charge in [0.1, 0.15) is 6.61 Å². The molecule has 2 unspecified atom stereocenters. The molecule has 0 aromatic heterocycles. The van der Waals surface area contributed by atoms with Crippen molar-refractivity contribution in [3.63, 3.8) is 0 Å². The minimum absolute atomic E-state index is 0.217. The van der Waals surface area contributed by atoms with E-state index in [1.54, 1.807) is 12.1 Å². The normalized spacial score (nSPS) is 29.3. The number of benzene rings is 2. The molecule has 2 aromatic carbocycles. The molecule has 1 aliphatic heterocycles. The molecule has 3 aliphatic rings. The molecule has 2 aliphatic carbocycles.